The van der Waals surface area contributed by atoms with Gasteiger partial charge < -0.3 is 14.2 Å². The van der Waals surface area contributed by atoms with E-state index >= 15 is 0 Å². The van der Waals surface area contributed by atoms with Crippen molar-refractivity contribution in [3.05, 3.63) is 128 Å². The number of ether oxygens (including phenoxy) is 3. The Hall–Kier alpha value is -4.95. The van der Waals surface area contributed by atoms with Crippen molar-refractivity contribution in [1.29, 1.82) is 0 Å². The molecule has 0 aliphatic carbocycles. The highest BCUT2D eigenvalue weighted by atomic mass is 79.9. The van der Waals surface area contributed by atoms with Crippen LogP contribution in [0.1, 0.15) is 48.9 Å². The van der Waals surface area contributed by atoms with Crippen LogP contribution in [0.2, 0.25) is 0 Å². The van der Waals surface area contributed by atoms with Crippen LogP contribution in [0.5, 0.6) is 17.2 Å². The van der Waals surface area contributed by atoms with Gasteiger partial charge in [0, 0.05) is 15.6 Å². The van der Waals surface area contributed by atoms with Gasteiger partial charge in [0.05, 0.1) is 30.8 Å². The summed E-state index contributed by atoms with van der Waals surface area (Å²) in [5, 5.41) is 7.51. The molecule has 6 rings (SSSR count). The maximum Gasteiger partial charge on any atom is 0.282 e. The fourth-order valence-electron chi connectivity index (χ4n) is 5.69. The second-order valence-corrected chi connectivity index (χ2v) is 12.4. The largest absolute Gasteiger partial charge is 0.494 e. The lowest BCUT2D eigenvalue weighted by Crippen LogP contribution is -2.21. The molecule has 7 nitrogen and oxygen atoms in total. The predicted molar refractivity (Wildman–Crippen MR) is 193 cm³/mol. The number of fused-ring (bicyclic) bond motifs is 2. The van der Waals surface area contributed by atoms with E-state index in [0.29, 0.717) is 47.0 Å². The minimum Gasteiger partial charge on any atom is -0.494 e. The maximum absolute atomic E-state index is 13.9. The second kappa shape index (κ2) is 13.8. The summed E-state index contributed by atoms with van der Waals surface area (Å²) >= 11 is 3.69. The molecule has 0 fully saturated rings. The van der Waals surface area contributed by atoms with Crippen molar-refractivity contribution in [1.82, 2.24) is 9.66 Å². The maximum atomic E-state index is 13.9. The molecule has 5 aromatic carbocycles. The number of methoxy groups -OCH3 is 1. The van der Waals surface area contributed by atoms with E-state index in [2.05, 4.69) is 60.1 Å². The molecule has 6 aromatic rings. The lowest BCUT2D eigenvalue weighted by atomic mass is 9.96. The van der Waals surface area contributed by atoms with Crippen molar-refractivity contribution in [2.24, 2.45) is 5.10 Å². The smallest absolute Gasteiger partial charge is 0.282 e. The van der Waals surface area contributed by atoms with Gasteiger partial charge in [-0.3, -0.25) is 4.79 Å². The molecular weight excluding hydrogens is 654 g/mol. The van der Waals surface area contributed by atoms with Crippen molar-refractivity contribution in [3.63, 3.8) is 0 Å². The molecule has 0 saturated heterocycles. The quantitative estimate of drug-likeness (QED) is 0.134. The van der Waals surface area contributed by atoms with Crippen LogP contribution in [0.15, 0.2) is 105 Å². The number of para-hydroxylation sites is 1. The normalized spacial score (nSPS) is 11.6. The van der Waals surface area contributed by atoms with Crippen LogP contribution in [0.4, 0.5) is 0 Å². The van der Waals surface area contributed by atoms with E-state index in [9.17, 15) is 4.79 Å². The summed E-state index contributed by atoms with van der Waals surface area (Å²) in [7, 11) is 1.60. The molecule has 238 valence electrons. The number of aryl methyl sites for hydroxylation is 1. The van der Waals surface area contributed by atoms with Crippen molar-refractivity contribution < 1.29 is 14.2 Å². The SMILES string of the molecule is CCOc1cc(C)c(-c2nc3ccccc3c(=O)n2N=Cc2cc(OC)c(OCc3cccc4ccccc34)cc2Br)cc1C(C)C. The second-order valence-electron chi connectivity index (χ2n) is 11.6. The highest BCUT2D eigenvalue weighted by Gasteiger charge is 2.19. The van der Waals surface area contributed by atoms with Crippen LogP contribution in [0.3, 0.4) is 0 Å². The number of benzene rings is 5. The van der Waals surface area contributed by atoms with Crippen LogP contribution < -0.4 is 19.8 Å². The highest BCUT2D eigenvalue weighted by Crippen LogP contribution is 2.36. The van der Waals surface area contributed by atoms with Gasteiger partial charge in [0.2, 0.25) is 0 Å². The van der Waals surface area contributed by atoms with Crippen LogP contribution in [0, 0.1) is 6.92 Å². The van der Waals surface area contributed by atoms with Gasteiger partial charge in [-0.2, -0.15) is 9.78 Å². The molecule has 0 N–H and O–H groups in total. The van der Waals surface area contributed by atoms with E-state index in [1.54, 1.807) is 19.4 Å². The summed E-state index contributed by atoms with van der Waals surface area (Å²) in [5.41, 5.74) is 4.90. The molecule has 47 heavy (non-hydrogen) atoms. The third kappa shape index (κ3) is 6.51. The van der Waals surface area contributed by atoms with Crippen LogP contribution >= 0.6 is 15.9 Å². The fraction of sp³-hybridized carbons (Fsp3) is 0.205. The summed E-state index contributed by atoms with van der Waals surface area (Å²) in [4.78, 5) is 18.9. The van der Waals surface area contributed by atoms with Crippen molar-refractivity contribution in [3.8, 4) is 28.6 Å². The van der Waals surface area contributed by atoms with Crippen molar-refractivity contribution in [2.45, 2.75) is 40.2 Å². The molecule has 0 unspecified atom stereocenters. The Bertz CT molecular complexity index is 2180. The summed E-state index contributed by atoms with van der Waals surface area (Å²) in [6.07, 6.45) is 1.63. The first-order valence-electron chi connectivity index (χ1n) is 15.6. The summed E-state index contributed by atoms with van der Waals surface area (Å²) in [6.45, 7) is 9.15. The Labute approximate surface area is 282 Å². The number of aromatic nitrogens is 2. The van der Waals surface area contributed by atoms with E-state index in [4.69, 9.17) is 24.3 Å². The van der Waals surface area contributed by atoms with Gasteiger partial charge in [0.15, 0.2) is 17.3 Å². The Morgan fingerprint density at radius 2 is 1.64 bits per heavy atom. The van der Waals surface area contributed by atoms with Crippen LogP contribution in [-0.2, 0) is 6.61 Å². The molecule has 0 amide bonds. The molecular formula is C39H36BrN3O4. The molecule has 0 bridgehead atoms. The lowest BCUT2D eigenvalue weighted by molar-refractivity contribution is 0.285. The van der Waals surface area contributed by atoms with E-state index in [1.165, 1.54) is 4.68 Å². The molecule has 0 atom stereocenters. The zero-order valence-corrected chi connectivity index (χ0v) is 28.7. The first-order valence-corrected chi connectivity index (χ1v) is 16.4. The molecule has 1 aromatic heterocycles. The molecule has 0 radical (unpaired) electrons. The summed E-state index contributed by atoms with van der Waals surface area (Å²) in [6, 6.07) is 29.5. The van der Waals surface area contributed by atoms with Gasteiger partial charge in [-0.25, -0.2) is 4.98 Å². The average molecular weight is 691 g/mol. The number of rotatable bonds is 10. The Balaban J connectivity index is 1.40. The standard InChI is InChI=1S/C39H36BrN3O4/c1-6-46-35-18-25(4)32(20-31(35)24(2)3)38-42-34-17-10-9-16-30(34)39(44)43(38)41-22-28-19-36(45-5)37(21-33(28)40)47-23-27-14-11-13-26-12-7-8-15-29(26)27/h7-22,24H,6,23H2,1-5H3. The Morgan fingerprint density at radius 3 is 2.40 bits per heavy atom. The lowest BCUT2D eigenvalue weighted by Gasteiger charge is -2.18. The van der Waals surface area contributed by atoms with Gasteiger partial charge >= 0.3 is 0 Å². The Kier molecular flexibility index (Phi) is 9.41. The average Bonchev–Trinajstić information content (AvgIpc) is 3.07. The van der Waals surface area contributed by atoms with Gasteiger partial charge in [-0.15, -0.1) is 0 Å². The predicted octanol–water partition coefficient (Wildman–Crippen LogP) is 9.28. The summed E-state index contributed by atoms with van der Waals surface area (Å²) in [5.74, 6) is 2.61. The van der Waals surface area contributed by atoms with Gasteiger partial charge in [0.25, 0.3) is 5.56 Å². The molecule has 0 saturated carbocycles. The molecule has 0 aliphatic rings. The number of nitrogens with zero attached hydrogens (tertiary/aromatic N) is 3. The minimum atomic E-state index is -0.264. The Morgan fingerprint density at radius 1 is 0.894 bits per heavy atom. The third-order valence-electron chi connectivity index (χ3n) is 8.13. The fourth-order valence-corrected chi connectivity index (χ4v) is 6.12. The highest BCUT2D eigenvalue weighted by molar-refractivity contribution is 9.10. The van der Waals surface area contributed by atoms with E-state index in [-0.39, 0.29) is 11.5 Å². The number of hydrogen-bond acceptors (Lipinski definition) is 6. The van der Waals surface area contributed by atoms with Crippen molar-refractivity contribution in [2.75, 3.05) is 13.7 Å². The van der Waals surface area contributed by atoms with Gasteiger partial charge in [-0.05, 0) is 99.6 Å². The van der Waals surface area contributed by atoms with Gasteiger partial charge in [-0.1, -0.05) is 68.4 Å². The topological polar surface area (TPSA) is 74.9 Å². The van der Waals surface area contributed by atoms with Crippen LogP contribution in [0.25, 0.3) is 33.1 Å². The van der Waals surface area contributed by atoms with E-state index < -0.39 is 0 Å². The monoisotopic (exact) mass is 689 g/mol. The molecule has 0 aliphatic heterocycles. The number of halogens is 1. The molecule has 0 spiro atoms. The number of hydrogen-bond donors (Lipinski definition) is 0. The first kappa shape index (κ1) is 32.0. The zero-order valence-electron chi connectivity index (χ0n) is 27.1. The minimum absolute atomic E-state index is 0.199. The van der Waals surface area contributed by atoms with Gasteiger partial charge in [0.1, 0.15) is 12.4 Å². The summed E-state index contributed by atoms with van der Waals surface area (Å²) < 4.78 is 20.1. The zero-order chi connectivity index (χ0) is 33.1. The third-order valence-corrected chi connectivity index (χ3v) is 8.82. The first-order chi connectivity index (χ1) is 22.8. The molecule has 8 heteroatoms. The van der Waals surface area contributed by atoms with Crippen molar-refractivity contribution >= 4 is 43.8 Å². The van der Waals surface area contributed by atoms with Crippen LogP contribution in [-0.4, -0.2) is 29.6 Å². The van der Waals surface area contributed by atoms with E-state index in [1.807, 2.05) is 68.4 Å². The van der Waals surface area contributed by atoms with E-state index in [0.717, 1.165) is 43.2 Å². The molecule has 1 heterocycles.